The Hall–Kier alpha value is -3.40. The zero-order valence-corrected chi connectivity index (χ0v) is 18.2. The first-order valence-electron chi connectivity index (χ1n) is 9.87. The molecule has 0 spiro atoms. The fourth-order valence-electron chi connectivity index (χ4n) is 2.96. The molecule has 1 fully saturated rings. The van der Waals surface area contributed by atoms with E-state index in [9.17, 15) is 14.0 Å². The number of imide groups is 1. The van der Waals surface area contributed by atoms with Crippen LogP contribution in [0.2, 0.25) is 0 Å². The van der Waals surface area contributed by atoms with Crippen LogP contribution in [0.3, 0.4) is 0 Å². The van der Waals surface area contributed by atoms with Crippen LogP contribution in [-0.4, -0.2) is 33.8 Å². The number of hydrogen-bond donors (Lipinski definition) is 2. The van der Waals surface area contributed by atoms with E-state index in [2.05, 4.69) is 0 Å². The van der Waals surface area contributed by atoms with Gasteiger partial charge < -0.3 is 14.8 Å². The molecule has 167 valence electrons. The minimum absolute atomic E-state index is 0. The van der Waals surface area contributed by atoms with Crippen LogP contribution in [0.5, 0.6) is 5.75 Å². The van der Waals surface area contributed by atoms with E-state index in [4.69, 9.17) is 14.8 Å². The molecule has 6 nitrogen and oxygen atoms in total. The van der Waals surface area contributed by atoms with Crippen molar-refractivity contribution in [2.24, 2.45) is 0 Å². The molecule has 1 saturated heterocycles. The first kappa shape index (κ1) is 24.3. The van der Waals surface area contributed by atoms with Crippen molar-refractivity contribution >= 4 is 36.7 Å². The van der Waals surface area contributed by atoms with Gasteiger partial charge in [0.05, 0.1) is 11.4 Å². The second-order valence-electron chi connectivity index (χ2n) is 6.85. The van der Waals surface area contributed by atoms with Crippen molar-refractivity contribution in [2.45, 2.75) is 13.2 Å². The molecule has 0 atom stereocenters. The largest absolute Gasteiger partial charge is 0.489 e. The zero-order chi connectivity index (χ0) is 23.6. The summed E-state index contributed by atoms with van der Waals surface area (Å²) in [6, 6.07) is 23.0. The quantitative estimate of drug-likeness (QED) is 0.421. The second-order valence-corrected chi connectivity index (χ2v) is 7.85. The van der Waals surface area contributed by atoms with Crippen molar-refractivity contribution in [3.8, 4) is 5.75 Å². The Morgan fingerprint density at radius 2 is 1.55 bits per heavy atom. The first-order chi connectivity index (χ1) is 16.0. The van der Waals surface area contributed by atoms with Gasteiger partial charge in [-0.3, -0.25) is 14.5 Å². The SMILES string of the molecule is O=C1SC(=Cc2ccc(OCc3ccccc3)cc2)C(=O)N1Cc1ccc(F)cc1.O[B]O. The van der Waals surface area contributed by atoms with Crippen LogP contribution in [0.4, 0.5) is 9.18 Å². The smallest absolute Gasteiger partial charge is 0.482 e. The van der Waals surface area contributed by atoms with Crippen molar-refractivity contribution in [1.29, 1.82) is 0 Å². The third kappa shape index (κ3) is 7.05. The minimum atomic E-state index is -0.357. The molecule has 4 rings (SSSR count). The number of hydrogen-bond acceptors (Lipinski definition) is 6. The highest BCUT2D eigenvalue weighted by Crippen LogP contribution is 2.33. The van der Waals surface area contributed by atoms with E-state index in [0.29, 0.717) is 17.1 Å². The fraction of sp³-hybridized carbons (Fsp3) is 0.0833. The number of amides is 2. The van der Waals surface area contributed by atoms with E-state index in [1.54, 1.807) is 18.2 Å². The van der Waals surface area contributed by atoms with Crippen molar-refractivity contribution in [2.75, 3.05) is 0 Å². The molecule has 1 aliphatic rings. The van der Waals surface area contributed by atoms with Crippen molar-refractivity contribution in [3.63, 3.8) is 0 Å². The summed E-state index contributed by atoms with van der Waals surface area (Å²) < 4.78 is 18.8. The molecule has 0 aromatic heterocycles. The molecule has 1 radical (unpaired) electrons. The first-order valence-corrected chi connectivity index (χ1v) is 10.7. The molecule has 2 N–H and O–H groups in total. The Balaban J connectivity index is 0.000000968. The van der Waals surface area contributed by atoms with Crippen LogP contribution in [0.1, 0.15) is 16.7 Å². The van der Waals surface area contributed by atoms with Gasteiger partial charge in [-0.1, -0.05) is 54.6 Å². The maximum atomic E-state index is 13.1. The van der Waals surface area contributed by atoms with Crippen LogP contribution in [0, 0.1) is 5.82 Å². The maximum Gasteiger partial charge on any atom is 0.482 e. The Kier molecular flexibility index (Phi) is 8.83. The number of halogens is 1. The van der Waals surface area contributed by atoms with Crippen molar-refractivity contribution in [3.05, 3.63) is 106 Å². The highest BCUT2D eigenvalue weighted by molar-refractivity contribution is 8.18. The third-order valence-electron chi connectivity index (χ3n) is 4.55. The van der Waals surface area contributed by atoms with E-state index in [-0.39, 0.29) is 31.2 Å². The third-order valence-corrected chi connectivity index (χ3v) is 5.46. The Labute approximate surface area is 195 Å². The summed E-state index contributed by atoms with van der Waals surface area (Å²) in [5.74, 6) is 0.0168. The van der Waals surface area contributed by atoms with Gasteiger partial charge in [0.15, 0.2) is 0 Å². The van der Waals surface area contributed by atoms with Crippen LogP contribution in [0.15, 0.2) is 83.8 Å². The van der Waals surface area contributed by atoms with Crippen molar-refractivity contribution in [1.82, 2.24) is 4.90 Å². The minimum Gasteiger partial charge on any atom is -0.489 e. The number of benzene rings is 3. The van der Waals surface area contributed by atoms with Crippen LogP contribution in [0.25, 0.3) is 6.08 Å². The highest BCUT2D eigenvalue weighted by Gasteiger charge is 2.34. The van der Waals surface area contributed by atoms with E-state index in [0.717, 1.165) is 28.6 Å². The molecule has 1 heterocycles. The molecule has 2 amide bonds. The number of nitrogens with zero attached hydrogens (tertiary/aromatic N) is 1. The molecular formula is C24H20BFNO5S. The van der Waals surface area contributed by atoms with E-state index in [1.807, 2.05) is 54.6 Å². The lowest BCUT2D eigenvalue weighted by atomic mass is 10.2. The zero-order valence-electron chi connectivity index (χ0n) is 17.4. The molecular weight excluding hydrogens is 444 g/mol. The van der Waals surface area contributed by atoms with Gasteiger partial charge >= 0.3 is 7.69 Å². The highest BCUT2D eigenvalue weighted by atomic mass is 32.2. The van der Waals surface area contributed by atoms with Crippen molar-refractivity contribution < 1.29 is 28.8 Å². The Bertz CT molecular complexity index is 1110. The maximum absolute atomic E-state index is 13.1. The molecule has 9 heteroatoms. The lowest BCUT2D eigenvalue weighted by Gasteiger charge is -2.12. The van der Waals surface area contributed by atoms with Gasteiger partial charge in [0.2, 0.25) is 0 Å². The lowest BCUT2D eigenvalue weighted by Crippen LogP contribution is -2.27. The topological polar surface area (TPSA) is 87.1 Å². The van der Waals surface area contributed by atoms with E-state index < -0.39 is 0 Å². The molecule has 1 aliphatic heterocycles. The Morgan fingerprint density at radius 3 is 2.18 bits per heavy atom. The van der Waals surface area contributed by atoms with Crippen LogP contribution in [-0.2, 0) is 17.9 Å². The normalized spacial score (nSPS) is 14.2. The molecule has 3 aromatic carbocycles. The lowest BCUT2D eigenvalue weighted by molar-refractivity contribution is -0.123. The summed E-state index contributed by atoms with van der Waals surface area (Å²) >= 11 is 0.904. The summed E-state index contributed by atoms with van der Waals surface area (Å²) in [6.45, 7) is 0.594. The predicted molar refractivity (Wildman–Crippen MR) is 125 cm³/mol. The average Bonchev–Trinajstić information content (AvgIpc) is 3.08. The monoisotopic (exact) mass is 464 g/mol. The predicted octanol–water partition coefficient (Wildman–Crippen LogP) is 4.15. The van der Waals surface area contributed by atoms with Crippen LogP contribution >= 0.6 is 11.8 Å². The molecule has 0 saturated carbocycles. The van der Waals surface area contributed by atoms with Gasteiger partial charge in [-0.25, -0.2) is 4.39 Å². The number of carbonyl (C=O) groups is 2. The summed E-state index contributed by atoms with van der Waals surface area (Å²) in [5.41, 5.74) is 2.57. The molecule has 0 aliphatic carbocycles. The number of ether oxygens (including phenoxy) is 1. The van der Waals surface area contributed by atoms with Gasteiger partial charge in [0.1, 0.15) is 18.2 Å². The van der Waals surface area contributed by atoms with Gasteiger partial charge in [-0.15, -0.1) is 0 Å². The fourth-order valence-corrected chi connectivity index (χ4v) is 3.80. The van der Waals surface area contributed by atoms with Crippen LogP contribution < -0.4 is 4.74 Å². The molecule has 3 aromatic rings. The van der Waals surface area contributed by atoms with Gasteiger partial charge in [0.25, 0.3) is 11.1 Å². The Morgan fingerprint density at radius 1 is 0.909 bits per heavy atom. The summed E-state index contributed by atoms with van der Waals surface area (Å²) in [4.78, 5) is 26.4. The van der Waals surface area contributed by atoms with E-state index in [1.165, 1.54) is 17.0 Å². The summed E-state index contributed by atoms with van der Waals surface area (Å²) in [6.07, 6.45) is 1.69. The standard InChI is InChI=1S/C24H18FNO3S.BH2O2/c25-20-10-6-18(7-11-20)15-26-23(27)22(30-24(26)28)14-17-8-12-21(13-9-17)29-16-19-4-2-1-3-5-19;2-1-3/h1-14H,15-16H2;2-3H. The van der Waals surface area contributed by atoms with Gasteiger partial charge in [-0.05, 0) is 58.8 Å². The number of carbonyl (C=O) groups excluding carboxylic acids is 2. The average molecular weight is 464 g/mol. The van der Waals surface area contributed by atoms with Gasteiger partial charge in [-0.2, -0.15) is 0 Å². The molecule has 33 heavy (non-hydrogen) atoms. The summed E-state index contributed by atoms with van der Waals surface area (Å²) in [5, 5.41) is 13.7. The number of rotatable bonds is 6. The van der Waals surface area contributed by atoms with E-state index >= 15 is 0 Å². The molecule has 0 unspecified atom stereocenters. The molecule has 0 bridgehead atoms. The number of thioether (sulfide) groups is 1. The summed E-state index contributed by atoms with van der Waals surface area (Å²) in [7, 11) is 0. The van der Waals surface area contributed by atoms with Gasteiger partial charge in [0, 0.05) is 0 Å². The second kappa shape index (κ2) is 12.0.